The molecule has 0 bridgehead atoms. The zero-order valence-electron chi connectivity index (χ0n) is 11.5. The van der Waals surface area contributed by atoms with E-state index in [4.69, 9.17) is 4.74 Å². The quantitative estimate of drug-likeness (QED) is 0.733. The van der Waals surface area contributed by atoms with Crippen molar-refractivity contribution in [2.75, 3.05) is 11.9 Å². The molecule has 21 heavy (non-hydrogen) atoms. The van der Waals surface area contributed by atoms with Gasteiger partial charge in [0.05, 0.1) is 22.4 Å². The minimum atomic E-state index is -0.301. The lowest BCUT2D eigenvalue weighted by molar-refractivity contribution is 0.0526. The molecule has 1 N–H and O–H groups in total. The molecule has 0 fully saturated rings. The van der Waals surface area contributed by atoms with Crippen molar-refractivity contribution in [3.63, 3.8) is 0 Å². The van der Waals surface area contributed by atoms with E-state index >= 15 is 0 Å². The fourth-order valence-corrected chi connectivity index (χ4v) is 2.89. The van der Waals surface area contributed by atoms with E-state index in [2.05, 4.69) is 10.3 Å². The molecular formula is C16H14N2O2S. The van der Waals surface area contributed by atoms with Crippen molar-refractivity contribution in [1.29, 1.82) is 0 Å². The SMILES string of the molecule is CCOC(=O)c1ccc2nc(Nc3ccccc3)sc2c1. The smallest absolute Gasteiger partial charge is 0.338 e. The molecule has 106 valence electrons. The monoisotopic (exact) mass is 298 g/mol. The van der Waals surface area contributed by atoms with E-state index in [1.165, 1.54) is 11.3 Å². The molecule has 0 atom stereocenters. The number of hydrogen-bond acceptors (Lipinski definition) is 5. The lowest BCUT2D eigenvalue weighted by Crippen LogP contribution is -2.03. The Morgan fingerprint density at radius 3 is 2.81 bits per heavy atom. The van der Waals surface area contributed by atoms with Crippen LogP contribution in [0.3, 0.4) is 0 Å². The molecule has 0 aliphatic heterocycles. The Kier molecular flexibility index (Phi) is 3.83. The number of aromatic nitrogens is 1. The predicted octanol–water partition coefficient (Wildman–Crippen LogP) is 4.22. The van der Waals surface area contributed by atoms with Gasteiger partial charge in [0.15, 0.2) is 5.13 Å². The van der Waals surface area contributed by atoms with Crippen LogP contribution in [0.25, 0.3) is 10.2 Å². The van der Waals surface area contributed by atoms with Crippen molar-refractivity contribution in [3.8, 4) is 0 Å². The number of nitrogens with zero attached hydrogens (tertiary/aromatic N) is 1. The fraction of sp³-hybridized carbons (Fsp3) is 0.125. The molecule has 0 aliphatic carbocycles. The average molecular weight is 298 g/mol. The van der Waals surface area contributed by atoms with Crippen LogP contribution in [0.5, 0.6) is 0 Å². The summed E-state index contributed by atoms with van der Waals surface area (Å²) >= 11 is 1.51. The van der Waals surface area contributed by atoms with Crippen LogP contribution in [0.1, 0.15) is 17.3 Å². The molecule has 0 amide bonds. The van der Waals surface area contributed by atoms with Crippen LogP contribution in [-0.4, -0.2) is 17.6 Å². The van der Waals surface area contributed by atoms with E-state index in [9.17, 15) is 4.79 Å². The number of carbonyl (C=O) groups excluding carboxylic acids is 1. The Morgan fingerprint density at radius 2 is 2.05 bits per heavy atom. The lowest BCUT2D eigenvalue weighted by Gasteiger charge is -2.00. The second kappa shape index (κ2) is 5.93. The summed E-state index contributed by atoms with van der Waals surface area (Å²) in [6, 6.07) is 15.3. The zero-order chi connectivity index (χ0) is 14.7. The van der Waals surface area contributed by atoms with Crippen LogP contribution in [0.4, 0.5) is 10.8 Å². The summed E-state index contributed by atoms with van der Waals surface area (Å²) in [6.07, 6.45) is 0. The van der Waals surface area contributed by atoms with Crippen LogP contribution in [-0.2, 0) is 4.74 Å². The third kappa shape index (κ3) is 3.03. The number of esters is 1. The van der Waals surface area contributed by atoms with Gasteiger partial charge in [0.2, 0.25) is 0 Å². The van der Waals surface area contributed by atoms with Crippen LogP contribution in [0.15, 0.2) is 48.5 Å². The van der Waals surface area contributed by atoms with Gasteiger partial charge in [-0.2, -0.15) is 0 Å². The first-order chi connectivity index (χ1) is 10.3. The van der Waals surface area contributed by atoms with Gasteiger partial charge in [0.25, 0.3) is 0 Å². The van der Waals surface area contributed by atoms with E-state index in [1.807, 2.05) is 42.5 Å². The summed E-state index contributed by atoms with van der Waals surface area (Å²) in [6.45, 7) is 2.17. The predicted molar refractivity (Wildman–Crippen MR) is 85.3 cm³/mol. The molecule has 1 aromatic heterocycles. The largest absolute Gasteiger partial charge is 0.462 e. The molecule has 2 aromatic carbocycles. The summed E-state index contributed by atoms with van der Waals surface area (Å²) in [7, 11) is 0. The van der Waals surface area contributed by atoms with E-state index in [0.29, 0.717) is 12.2 Å². The van der Waals surface area contributed by atoms with Crippen molar-refractivity contribution in [2.24, 2.45) is 0 Å². The Balaban J connectivity index is 1.88. The third-order valence-electron chi connectivity index (χ3n) is 2.92. The maximum Gasteiger partial charge on any atom is 0.338 e. The number of ether oxygens (including phenoxy) is 1. The maximum absolute atomic E-state index is 11.7. The number of thiazole rings is 1. The standard InChI is InChI=1S/C16H14N2O2S/c1-2-20-15(19)11-8-9-13-14(10-11)21-16(18-13)17-12-6-4-3-5-7-12/h3-10H,2H2,1H3,(H,17,18). The Hall–Kier alpha value is -2.40. The van der Waals surface area contributed by atoms with Gasteiger partial charge in [-0.25, -0.2) is 9.78 Å². The topological polar surface area (TPSA) is 51.2 Å². The van der Waals surface area contributed by atoms with Gasteiger partial charge in [-0.05, 0) is 37.3 Å². The summed E-state index contributed by atoms with van der Waals surface area (Å²) in [5.74, 6) is -0.301. The average Bonchev–Trinajstić information content (AvgIpc) is 2.89. The number of para-hydroxylation sites is 1. The number of carbonyl (C=O) groups is 1. The highest BCUT2D eigenvalue weighted by atomic mass is 32.1. The van der Waals surface area contributed by atoms with Crippen LogP contribution < -0.4 is 5.32 Å². The number of fused-ring (bicyclic) bond motifs is 1. The molecule has 5 heteroatoms. The zero-order valence-corrected chi connectivity index (χ0v) is 12.3. The van der Waals surface area contributed by atoms with Gasteiger partial charge >= 0.3 is 5.97 Å². The molecule has 0 aliphatic rings. The van der Waals surface area contributed by atoms with Crippen molar-refractivity contribution >= 4 is 38.3 Å². The first kappa shape index (κ1) is 13.6. The molecule has 0 spiro atoms. The van der Waals surface area contributed by atoms with Crippen LogP contribution >= 0.6 is 11.3 Å². The van der Waals surface area contributed by atoms with Gasteiger partial charge in [-0.3, -0.25) is 0 Å². The molecule has 1 heterocycles. The first-order valence-electron chi connectivity index (χ1n) is 6.66. The van der Waals surface area contributed by atoms with Gasteiger partial charge in [-0.15, -0.1) is 0 Å². The number of nitrogens with one attached hydrogen (secondary N) is 1. The van der Waals surface area contributed by atoms with Crippen LogP contribution in [0, 0.1) is 0 Å². The van der Waals surface area contributed by atoms with Crippen molar-refractivity contribution in [1.82, 2.24) is 4.98 Å². The molecule has 3 rings (SSSR count). The van der Waals surface area contributed by atoms with Crippen molar-refractivity contribution in [3.05, 3.63) is 54.1 Å². The molecule has 3 aromatic rings. The summed E-state index contributed by atoms with van der Waals surface area (Å²) in [5, 5.41) is 4.06. The molecular weight excluding hydrogens is 284 g/mol. The fourth-order valence-electron chi connectivity index (χ4n) is 1.96. The van der Waals surface area contributed by atoms with E-state index < -0.39 is 0 Å². The normalized spacial score (nSPS) is 10.5. The number of benzene rings is 2. The second-order valence-corrected chi connectivity index (χ2v) is 5.44. The second-order valence-electron chi connectivity index (χ2n) is 4.41. The highest BCUT2D eigenvalue weighted by molar-refractivity contribution is 7.22. The van der Waals surface area contributed by atoms with Gasteiger partial charge in [0.1, 0.15) is 0 Å². The van der Waals surface area contributed by atoms with E-state index in [1.54, 1.807) is 13.0 Å². The molecule has 4 nitrogen and oxygen atoms in total. The Bertz CT molecular complexity index is 768. The number of hydrogen-bond donors (Lipinski definition) is 1. The Morgan fingerprint density at radius 1 is 1.24 bits per heavy atom. The van der Waals surface area contributed by atoms with Gasteiger partial charge in [-0.1, -0.05) is 29.5 Å². The molecule has 0 radical (unpaired) electrons. The number of anilines is 2. The molecule has 0 saturated carbocycles. The third-order valence-corrected chi connectivity index (χ3v) is 3.86. The minimum Gasteiger partial charge on any atom is -0.462 e. The highest BCUT2D eigenvalue weighted by Gasteiger charge is 2.10. The van der Waals surface area contributed by atoms with Crippen molar-refractivity contribution in [2.45, 2.75) is 6.92 Å². The molecule has 0 unspecified atom stereocenters. The lowest BCUT2D eigenvalue weighted by atomic mass is 10.2. The Labute approximate surface area is 126 Å². The minimum absolute atomic E-state index is 0.301. The van der Waals surface area contributed by atoms with E-state index in [0.717, 1.165) is 21.0 Å². The maximum atomic E-state index is 11.7. The van der Waals surface area contributed by atoms with Gasteiger partial charge < -0.3 is 10.1 Å². The summed E-state index contributed by atoms with van der Waals surface area (Å²) in [5.41, 5.74) is 2.41. The highest BCUT2D eigenvalue weighted by Crippen LogP contribution is 2.29. The van der Waals surface area contributed by atoms with E-state index in [-0.39, 0.29) is 5.97 Å². The van der Waals surface area contributed by atoms with Crippen molar-refractivity contribution < 1.29 is 9.53 Å². The molecule has 0 saturated heterocycles. The first-order valence-corrected chi connectivity index (χ1v) is 7.47. The summed E-state index contributed by atoms with van der Waals surface area (Å²) in [4.78, 5) is 16.2. The number of rotatable bonds is 4. The summed E-state index contributed by atoms with van der Waals surface area (Å²) < 4.78 is 5.97. The van der Waals surface area contributed by atoms with Gasteiger partial charge in [0, 0.05) is 5.69 Å². The van der Waals surface area contributed by atoms with Crippen LogP contribution in [0.2, 0.25) is 0 Å².